The standard InChI is InChI=1S/C16H13FN2OS/c17-13-5-7-14(8-6-13)20-9-10-21-16-15-4-2-1-3-12(15)11-18-19-16/h1-8,11H,9-10H2. The molecule has 3 nitrogen and oxygen atoms in total. The molecular formula is C16H13FN2OS. The second kappa shape index (κ2) is 6.54. The molecule has 0 radical (unpaired) electrons. The first-order chi connectivity index (χ1) is 10.3. The van der Waals surface area contributed by atoms with Gasteiger partial charge in [0.2, 0.25) is 0 Å². The normalized spacial score (nSPS) is 10.7. The lowest BCUT2D eigenvalue weighted by atomic mass is 10.2. The molecule has 0 amide bonds. The summed E-state index contributed by atoms with van der Waals surface area (Å²) < 4.78 is 18.3. The van der Waals surface area contributed by atoms with Crippen LogP contribution in [0.25, 0.3) is 10.8 Å². The molecule has 3 aromatic rings. The lowest BCUT2D eigenvalue weighted by molar-refractivity contribution is 0.343. The Balaban J connectivity index is 1.58. The van der Waals surface area contributed by atoms with E-state index >= 15 is 0 Å². The number of halogens is 1. The largest absolute Gasteiger partial charge is 0.493 e. The molecule has 0 unspecified atom stereocenters. The molecule has 0 saturated heterocycles. The molecule has 1 aromatic heterocycles. The molecule has 0 aliphatic heterocycles. The molecule has 0 spiro atoms. The molecule has 0 atom stereocenters. The molecular weight excluding hydrogens is 287 g/mol. The molecule has 0 fully saturated rings. The van der Waals surface area contributed by atoms with E-state index in [0.29, 0.717) is 12.4 Å². The quantitative estimate of drug-likeness (QED) is 0.528. The fraction of sp³-hybridized carbons (Fsp3) is 0.125. The van der Waals surface area contributed by atoms with Gasteiger partial charge in [-0.2, -0.15) is 5.10 Å². The fourth-order valence-corrected chi connectivity index (χ4v) is 2.74. The highest BCUT2D eigenvalue weighted by molar-refractivity contribution is 7.99. The van der Waals surface area contributed by atoms with Crippen LogP contribution in [0.1, 0.15) is 0 Å². The third-order valence-electron chi connectivity index (χ3n) is 2.94. The summed E-state index contributed by atoms with van der Waals surface area (Å²) in [6.07, 6.45) is 1.76. The highest BCUT2D eigenvalue weighted by Gasteiger charge is 2.03. The van der Waals surface area contributed by atoms with Crippen LogP contribution >= 0.6 is 11.8 Å². The summed E-state index contributed by atoms with van der Waals surface area (Å²) in [5, 5.41) is 11.3. The Hall–Kier alpha value is -2.14. The first kappa shape index (κ1) is 13.8. The number of aromatic nitrogens is 2. The first-order valence-electron chi connectivity index (χ1n) is 6.54. The van der Waals surface area contributed by atoms with Gasteiger partial charge in [-0.05, 0) is 24.3 Å². The summed E-state index contributed by atoms with van der Waals surface area (Å²) in [6.45, 7) is 0.529. The predicted molar refractivity (Wildman–Crippen MR) is 82.2 cm³/mol. The van der Waals surface area contributed by atoms with Gasteiger partial charge in [-0.1, -0.05) is 24.3 Å². The van der Waals surface area contributed by atoms with Crippen LogP contribution in [0.15, 0.2) is 59.8 Å². The van der Waals surface area contributed by atoms with Crippen molar-refractivity contribution in [2.24, 2.45) is 0 Å². The van der Waals surface area contributed by atoms with Gasteiger partial charge < -0.3 is 4.74 Å². The van der Waals surface area contributed by atoms with Crippen molar-refractivity contribution < 1.29 is 9.13 Å². The minimum atomic E-state index is -0.261. The molecule has 2 aromatic carbocycles. The van der Waals surface area contributed by atoms with Crippen molar-refractivity contribution in [3.8, 4) is 5.75 Å². The van der Waals surface area contributed by atoms with Crippen LogP contribution in [-0.4, -0.2) is 22.6 Å². The van der Waals surface area contributed by atoms with Gasteiger partial charge in [0, 0.05) is 16.5 Å². The van der Waals surface area contributed by atoms with Gasteiger partial charge in [0.1, 0.15) is 16.6 Å². The van der Waals surface area contributed by atoms with Crippen LogP contribution in [0, 0.1) is 5.82 Å². The molecule has 0 bridgehead atoms. The number of benzene rings is 2. The van der Waals surface area contributed by atoms with Crippen molar-refractivity contribution >= 4 is 22.5 Å². The van der Waals surface area contributed by atoms with Crippen LogP contribution in [0.5, 0.6) is 5.75 Å². The van der Waals surface area contributed by atoms with Crippen molar-refractivity contribution in [2.75, 3.05) is 12.4 Å². The molecule has 1 heterocycles. The second-order valence-corrected chi connectivity index (χ2v) is 5.47. The topological polar surface area (TPSA) is 35.0 Å². The number of ether oxygens (including phenoxy) is 1. The van der Waals surface area contributed by atoms with Crippen molar-refractivity contribution in [2.45, 2.75) is 5.03 Å². The van der Waals surface area contributed by atoms with Gasteiger partial charge in [-0.3, -0.25) is 0 Å². The zero-order chi connectivity index (χ0) is 14.5. The minimum absolute atomic E-state index is 0.261. The third kappa shape index (κ3) is 3.49. The van der Waals surface area contributed by atoms with E-state index in [1.54, 1.807) is 30.1 Å². The summed E-state index contributed by atoms with van der Waals surface area (Å²) in [6, 6.07) is 14.0. The Labute approximate surface area is 126 Å². The smallest absolute Gasteiger partial charge is 0.127 e. The van der Waals surface area contributed by atoms with E-state index in [1.165, 1.54) is 12.1 Å². The summed E-state index contributed by atoms with van der Waals surface area (Å²) >= 11 is 1.60. The van der Waals surface area contributed by atoms with E-state index in [4.69, 9.17) is 4.74 Å². The number of hydrogen-bond donors (Lipinski definition) is 0. The first-order valence-corrected chi connectivity index (χ1v) is 7.53. The van der Waals surface area contributed by atoms with Gasteiger partial charge in [0.15, 0.2) is 0 Å². The molecule has 5 heteroatoms. The molecule has 106 valence electrons. The van der Waals surface area contributed by atoms with Crippen molar-refractivity contribution in [1.29, 1.82) is 0 Å². The number of rotatable bonds is 5. The number of hydrogen-bond acceptors (Lipinski definition) is 4. The number of thioether (sulfide) groups is 1. The van der Waals surface area contributed by atoms with E-state index in [-0.39, 0.29) is 5.82 Å². The van der Waals surface area contributed by atoms with E-state index in [9.17, 15) is 4.39 Å². The summed E-state index contributed by atoms with van der Waals surface area (Å²) in [5.74, 6) is 1.16. The molecule has 0 aliphatic rings. The molecule has 21 heavy (non-hydrogen) atoms. The third-order valence-corrected chi connectivity index (χ3v) is 3.89. The van der Waals surface area contributed by atoms with Crippen LogP contribution in [0.4, 0.5) is 4.39 Å². The summed E-state index contributed by atoms with van der Waals surface area (Å²) in [4.78, 5) is 0. The zero-order valence-corrected chi connectivity index (χ0v) is 12.0. The highest BCUT2D eigenvalue weighted by atomic mass is 32.2. The maximum Gasteiger partial charge on any atom is 0.127 e. The lowest BCUT2D eigenvalue weighted by Gasteiger charge is -2.06. The van der Waals surface area contributed by atoms with Gasteiger partial charge in [-0.25, -0.2) is 4.39 Å². The van der Waals surface area contributed by atoms with Crippen LogP contribution in [0.3, 0.4) is 0 Å². The molecule has 3 rings (SSSR count). The van der Waals surface area contributed by atoms with Crippen molar-refractivity contribution in [3.63, 3.8) is 0 Å². The van der Waals surface area contributed by atoms with Gasteiger partial charge in [0.25, 0.3) is 0 Å². The Morgan fingerprint density at radius 3 is 2.71 bits per heavy atom. The van der Waals surface area contributed by atoms with Crippen LogP contribution < -0.4 is 4.74 Å². The fourth-order valence-electron chi connectivity index (χ4n) is 1.94. The highest BCUT2D eigenvalue weighted by Crippen LogP contribution is 2.24. The zero-order valence-electron chi connectivity index (χ0n) is 11.2. The van der Waals surface area contributed by atoms with Gasteiger partial charge >= 0.3 is 0 Å². The number of nitrogens with zero attached hydrogens (tertiary/aromatic N) is 2. The van der Waals surface area contributed by atoms with E-state index in [2.05, 4.69) is 10.2 Å². The lowest BCUT2D eigenvalue weighted by Crippen LogP contribution is -2.00. The summed E-state index contributed by atoms with van der Waals surface area (Å²) in [5.41, 5.74) is 0. The van der Waals surface area contributed by atoms with Crippen molar-refractivity contribution in [1.82, 2.24) is 10.2 Å². The van der Waals surface area contributed by atoms with E-state index in [1.807, 2.05) is 24.3 Å². The summed E-state index contributed by atoms with van der Waals surface area (Å²) in [7, 11) is 0. The average Bonchev–Trinajstić information content (AvgIpc) is 2.53. The Bertz CT molecular complexity index is 728. The monoisotopic (exact) mass is 300 g/mol. The number of fused-ring (bicyclic) bond motifs is 1. The minimum Gasteiger partial charge on any atom is -0.493 e. The second-order valence-electron chi connectivity index (χ2n) is 4.39. The van der Waals surface area contributed by atoms with Crippen molar-refractivity contribution in [3.05, 3.63) is 60.5 Å². The molecule has 0 N–H and O–H groups in total. The Kier molecular flexibility index (Phi) is 4.31. The SMILES string of the molecule is Fc1ccc(OCCSc2nncc3ccccc23)cc1. The maximum absolute atomic E-state index is 12.8. The average molecular weight is 300 g/mol. The molecule has 0 saturated carbocycles. The van der Waals surface area contributed by atoms with Crippen LogP contribution in [-0.2, 0) is 0 Å². The van der Waals surface area contributed by atoms with E-state index in [0.717, 1.165) is 21.6 Å². The van der Waals surface area contributed by atoms with Gasteiger partial charge in [0.05, 0.1) is 12.8 Å². The van der Waals surface area contributed by atoms with Gasteiger partial charge in [-0.15, -0.1) is 16.9 Å². The van der Waals surface area contributed by atoms with E-state index < -0.39 is 0 Å². The Morgan fingerprint density at radius 1 is 1.05 bits per heavy atom. The molecule has 0 aliphatic carbocycles. The Morgan fingerprint density at radius 2 is 1.86 bits per heavy atom. The van der Waals surface area contributed by atoms with Crippen LogP contribution in [0.2, 0.25) is 0 Å². The predicted octanol–water partition coefficient (Wildman–Crippen LogP) is 3.94. The maximum atomic E-state index is 12.8.